The number of rotatable bonds is 9. The Kier molecular flexibility index (Phi) is 7.96. The Labute approximate surface area is 219 Å². The van der Waals surface area contributed by atoms with Crippen LogP contribution in [0, 0.1) is 5.92 Å². The molecule has 2 aromatic carbocycles. The summed E-state index contributed by atoms with van der Waals surface area (Å²) in [5, 5.41) is 2.44. The summed E-state index contributed by atoms with van der Waals surface area (Å²) in [5.41, 5.74) is 7.17. The number of aryl methyl sites for hydroxylation is 1. The lowest BCUT2D eigenvalue weighted by molar-refractivity contribution is 0.158. The molecule has 3 N–H and O–H groups in total. The number of anilines is 1. The second kappa shape index (κ2) is 11.2. The molecular formula is C28H38N4O2S2. The summed E-state index contributed by atoms with van der Waals surface area (Å²) in [6.07, 6.45) is 9.63. The van der Waals surface area contributed by atoms with Crippen LogP contribution in [-0.4, -0.2) is 43.5 Å². The van der Waals surface area contributed by atoms with E-state index in [1.807, 2.05) is 36.4 Å². The molecule has 0 bridgehead atoms. The van der Waals surface area contributed by atoms with Gasteiger partial charge in [0.05, 0.1) is 10.6 Å². The highest BCUT2D eigenvalue weighted by Gasteiger charge is 2.29. The molecule has 5 rings (SSSR count). The molecule has 1 heterocycles. The second-order valence-electron chi connectivity index (χ2n) is 10.5. The summed E-state index contributed by atoms with van der Waals surface area (Å²) in [5.74, 6) is 0.667. The Balaban J connectivity index is 1.14. The Morgan fingerprint density at radius 1 is 1.06 bits per heavy atom. The molecule has 3 aromatic rings. The predicted molar refractivity (Wildman–Crippen MR) is 149 cm³/mol. The number of nitrogen functional groups attached to an aromatic ring is 1. The number of benzene rings is 2. The third kappa shape index (κ3) is 5.77. The summed E-state index contributed by atoms with van der Waals surface area (Å²) < 4.78 is 29.5. The van der Waals surface area contributed by atoms with Gasteiger partial charge in [-0.25, -0.2) is 18.1 Å². The molecule has 1 atom stereocenters. The van der Waals surface area contributed by atoms with E-state index in [2.05, 4.69) is 21.5 Å². The number of fused-ring (bicyclic) bond motifs is 2. The number of hydrogen-bond donors (Lipinski definition) is 2. The third-order valence-electron chi connectivity index (χ3n) is 7.99. The van der Waals surface area contributed by atoms with Crippen molar-refractivity contribution < 1.29 is 8.42 Å². The van der Waals surface area contributed by atoms with Gasteiger partial charge >= 0.3 is 0 Å². The van der Waals surface area contributed by atoms with E-state index < -0.39 is 10.0 Å². The van der Waals surface area contributed by atoms with Crippen molar-refractivity contribution in [2.75, 3.05) is 18.8 Å². The number of nitrogens with two attached hydrogens (primary N) is 1. The van der Waals surface area contributed by atoms with E-state index in [1.54, 1.807) is 17.4 Å². The monoisotopic (exact) mass is 526 g/mol. The number of aromatic nitrogens is 1. The smallest absolute Gasteiger partial charge is 0.241 e. The van der Waals surface area contributed by atoms with Crippen molar-refractivity contribution in [3.63, 3.8) is 0 Å². The fraction of sp³-hybridized carbons (Fsp3) is 0.536. The Morgan fingerprint density at radius 2 is 1.83 bits per heavy atom. The van der Waals surface area contributed by atoms with Crippen LogP contribution in [0.2, 0.25) is 0 Å². The molecule has 1 saturated carbocycles. The predicted octanol–water partition coefficient (Wildman–Crippen LogP) is 5.38. The van der Waals surface area contributed by atoms with Crippen LogP contribution < -0.4 is 10.5 Å². The summed E-state index contributed by atoms with van der Waals surface area (Å²) >= 11 is 1.66. The van der Waals surface area contributed by atoms with Crippen LogP contribution in [0.5, 0.6) is 0 Å². The van der Waals surface area contributed by atoms with Gasteiger partial charge in [-0.05, 0) is 88.2 Å². The maximum atomic E-state index is 13.2. The minimum absolute atomic E-state index is 0.0190. The molecule has 2 aliphatic rings. The van der Waals surface area contributed by atoms with Crippen molar-refractivity contribution in [3.8, 4) is 0 Å². The molecule has 1 aromatic heterocycles. The SMILES string of the molecule is CCCN(CCC1CCC(NS(=O)(=O)c2cccc3ccccc23)CC1)[C@H]1CCc2nc(N)sc2C1. The Morgan fingerprint density at radius 3 is 2.64 bits per heavy atom. The number of nitrogens with zero attached hydrogens (tertiary/aromatic N) is 2. The second-order valence-corrected chi connectivity index (χ2v) is 13.3. The summed E-state index contributed by atoms with van der Waals surface area (Å²) in [7, 11) is -3.55. The zero-order valence-corrected chi connectivity index (χ0v) is 22.8. The highest BCUT2D eigenvalue weighted by molar-refractivity contribution is 7.89. The molecule has 0 spiro atoms. The van der Waals surface area contributed by atoms with Crippen molar-refractivity contribution in [2.45, 2.75) is 81.7 Å². The lowest BCUT2D eigenvalue weighted by Crippen LogP contribution is -2.41. The molecule has 0 saturated heterocycles. The minimum atomic E-state index is -3.55. The number of thiazole rings is 1. The topological polar surface area (TPSA) is 88.3 Å². The molecule has 36 heavy (non-hydrogen) atoms. The standard InChI is InChI=1S/C28H38N4O2S2/c1-2-17-32(23-14-15-25-26(19-23)35-28(29)30-25)18-16-20-10-12-22(13-11-20)31-36(33,34)27-9-5-7-21-6-3-4-8-24(21)27/h3-9,20,22-23,31H,2,10-19H2,1H3,(H2,29,30)/t20?,22?,23-/m0/s1. The maximum Gasteiger partial charge on any atom is 0.241 e. The van der Waals surface area contributed by atoms with Gasteiger partial charge in [0.25, 0.3) is 0 Å². The maximum absolute atomic E-state index is 13.2. The van der Waals surface area contributed by atoms with E-state index >= 15 is 0 Å². The van der Waals surface area contributed by atoms with Gasteiger partial charge in [-0.2, -0.15) is 0 Å². The highest BCUT2D eigenvalue weighted by Crippen LogP contribution is 2.32. The first-order chi connectivity index (χ1) is 17.4. The van der Waals surface area contributed by atoms with Crippen molar-refractivity contribution in [1.29, 1.82) is 0 Å². The average Bonchev–Trinajstić information content (AvgIpc) is 3.26. The van der Waals surface area contributed by atoms with Crippen LogP contribution in [0.15, 0.2) is 47.4 Å². The molecule has 6 nitrogen and oxygen atoms in total. The first-order valence-electron chi connectivity index (χ1n) is 13.4. The summed E-state index contributed by atoms with van der Waals surface area (Å²) in [6, 6.07) is 13.8. The van der Waals surface area contributed by atoms with E-state index in [1.165, 1.54) is 23.4 Å². The average molecular weight is 527 g/mol. The van der Waals surface area contributed by atoms with Gasteiger partial charge in [-0.3, -0.25) is 0 Å². The zero-order valence-electron chi connectivity index (χ0n) is 21.2. The van der Waals surface area contributed by atoms with Crippen LogP contribution in [0.1, 0.15) is 62.4 Å². The normalized spacial score (nSPS) is 22.7. The largest absolute Gasteiger partial charge is 0.375 e. The number of nitrogens with one attached hydrogen (secondary N) is 1. The molecule has 0 radical (unpaired) electrons. The fourth-order valence-electron chi connectivity index (χ4n) is 6.08. The van der Waals surface area contributed by atoms with E-state index in [9.17, 15) is 8.42 Å². The first kappa shape index (κ1) is 25.6. The van der Waals surface area contributed by atoms with Crippen molar-refractivity contribution >= 4 is 37.3 Å². The lowest BCUT2D eigenvalue weighted by atomic mass is 9.84. The summed E-state index contributed by atoms with van der Waals surface area (Å²) in [4.78, 5) is 8.96. The quantitative estimate of drug-likeness (QED) is 0.391. The third-order valence-corrected chi connectivity index (χ3v) is 10.5. The molecule has 0 amide bonds. The van der Waals surface area contributed by atoms with Crippen LogP contribution >= 0.6 is 11.3 Å². The van der Waals surface area contributed by atoms with Gasteiger partial charge < -0.3 is 10.6 Å². The molecule has 0 aliphatic heterocycles. The summed E-state index contributed by atoms with van der Waals surface area (Å²) in [6.45, 7) is 4.52. The molecular weight excluding hydrogens is 488 g/mol. The van der Waals surface area contributed by atoms with E-state index in [-0.39, 0.29) is 6.04 Å². The number of sulfonamides is 1. The van der Waals surface area contributed by atoms with Gasteiger partial charge in [0.15, 0.2) is 5.13 Å². The first-order valence-corrected chi connectivity index (χ1v) is 15.7. The zero-order chi connectivity index (χ0) is 25.1. The van der Waals surface area contributed by atoms with Crippen LogP contribution in [-0.2, 0) is 22.9 Å². The highest BCUT2D eigenvalue weighted by atomic mass is 32.2. The number of hydrogen-bond acceptors (Lipinski definition) is 6. The van der Waals surface area contributed by atoms with Gasteiger partial charge in [-0.1, -0.05) is 43.3 Å². The van der Waals surface area contributed by atoms with Gasteiger partial charge in [0.1, 0.15) is 0 Å². The van der Waals surface area contributed by atoms with Crippen LogP contribution in [0.25, 0.3) is 10.8 Å². The van der Waals surface area contributed by atoms with Crippen molar-refractivity contribution in [2.24, 2.45) is 5.92 Å². The van der Waals surface area contributed by atoms with Gasteiger partial charge in [0.2, 0.25) is 10.0 Å². The van der Waals surface area contributed by atoms with Crippen LogP contribution in [0.3, 0.4) is 0 Å². The fourth-order valence-corrected chi connectivity index (χ4v) is 8.57. The molecule has 0 unspecified atom stereocenters. The molecule has 194 valence electrons. The van der Waals surface area contributed by atoms with Gasteiger partial charge in [-0.15, -0.1) is 11.3 Å². The van der Waals surface area contributed by atoms with Crippen LogP contribution in [0.4, 0.5) is 5.13 Å². The molecule has 1 fully saturated rings. The molecule has 2 aliphatic carbocycles. The Bertz CT molecular complexity index is 1280. The van der Waals surface area contributed by atoms with Crippen molar-refractivity contribution in [1.82, 2.24) is 14.6 Å². The Hall–Kier alpha value is -2.00. The lowest BCUT2D eigenvalue weighted by Gasteiger charge is -2.36. The van der Waals surface area contributed by atoms with E-state index in [4.69, 9.17) is 5.73 Å². The molecule has 8 heteroatoms. The van der Waals surface area contributed by atoms with Crippen molar-refractivity contribution in [3.05, 3.63) is 53.0 Å². The van der Waals surface area contributed by atoms with E-state index in [0.29, 0.717) is 22.0 Å². The van der Waals surface area contributed by atoms with E-state index in [0.717, 1.165) is 68.8 Å². The minimum Gasteiger partial charge on any atom is -0.375 e. The van der Waals surface area contributed by atoms with Gasteiger partial charge in [0, 0.05) is 22.3 Å².